The molecule has 0 saturated carbocycles. The molecular formula is C14H13NO3. The lowest BCUT2D eigenvalue weighted by Crippen LogP contribution is -2.16. The molecule has 1 unspecified atom stereocenters. The summed E-state index contributed by atoms with van der Waals surface area (Å²) in [6, 6.07) is 10.7. The number of aldehydes is 1. The van der Waals surface area contributed by atoms with Crippen LogP contribution in [0.15, 0.2) is 36.4 Å². The maximum Gasteiger partial charge on any atom is 0.218 e. The Morgan fingerprint density at radius 1 is 1.28 bits per heavy atom. The predicted octanol–water partition coefficient (Wildman–Crippen LogP) is 1.70. The molecule has 0 aliphatic carbocycles. The zero-order valence-corrected chi connectivity index (χ0v) is 9.67. The minimum atomic E-state index is -0.714. The molecule has 0 heterocycles. The topological polar surface area (TPSA) is 80.4 Å². The lowest BCUT2D eigenvalue weighted by atomic mass is 9.91. The van der Waals surface area contributed by atoms with E-state index in [1.165, 1.54) is 6.07 Å². The summed E-state index contributed by atoms with van der Waals surface area (Å²) < 4.78 is 0. The molecule has 0 aliphatic rings. The smallest absolute Gasteiger partial charge is 0.218 e. The first kappa shape index (κ1) is 12.1. The van der Waals surface area contributed by atoms with Gasteiger partial charge in [0.15, 0.2) is 0 Å². The van der Waals surface area contributed by atoms with E-state index in [9.17, 15) is 14.7 Å². The van der Waals surface area contributed by atoms with Crippen LogP contribution in [0.4, 0.5) is 0 Å². The lowest BCUT2D eigenvalue weighted by Gasteiger charge is -2.14. The Morgan fingerprint density at radius 2 is 2.00 bits per heavy atom. The number of fused-ring (bicyclic) bond motifs is 1. The largest absolute Gasteiger partial charge is 0.508 e. The van der Waals surface area contributed by atoms with E-state index in [0.717, 1.165) is 10.8 Å². The number of rotatable bonds is 4. The molecule has 4 heteroatoms. The Hall–Kier alpha value is -2.36. The van der Waals surface area contributed by atoms with Gasteiger partial charge in [0.2, 0.25) is 5.91 Å². The minimum Gasteiger partial charge on any atom is -0.508 e. The van der Waals surface area contributed by atoms with Crippen LogP contribution >= 0.6 is 0 Å². The third-order valence-corrected chi connectivity index (χ3v) is 2.90. The summed E-state index contributed by atoms with van der Waals surface area (Å²) in [6.07, 6.45) is 0.539. The van der Waals surface area contributed by atoms with Gasteiger partial charge in [0, 0.05) is 12.0 Å². The Bertz CT molecular complexity index is 607. The maximum atomic E-state index is 11.1. The van der Waals surface area contributed by atoms with Crippen molar-refractivity contribution >= 4 is 23.0 Å². The van der Waals surface area contributed by atoms with Gasteiger partial charge in [-0.1, -0.05) is 30.3 Å². The van der Waals surface area contributed by atoms with Crippen molar-refractivity contribution in [3.8, 4) is 5.75 Å². The zero-order valence-electron chi connectivity index (χ0n) is 9.67. The molecule has 0 aromatic heterocycles. The Morgan fingerprint density at radius 3 is 2.67 bits per heavy atom. The first-order valence-corrected chi connectivity index (χ1v) is 5.57. The summed E-state index contributed by atoms with van der Waals surface area (Å²) in [4.78, 5) is 22.1. The molecule has 1 amide bonds. The van der Waals surface area contributed by atoms with Gasteiger partial charge in [-0.3, -0.25) is 4.79 Å². The number of primary amides is 1. The molecule has 0 radical (unpaired) electrons. The Kier molecular flexibility index (Phi) is 3.28. The van der Waals surface area contributed by atoms with Gasteiger partial charge in [-0.25, -0.2) is 0 Å². The molecule has 0 spiro atoms. The molecule has 2 aromatic rings. The maximum absolute atomic E-state index is 11.1. The van der Waals surface area contributed by atoms with E-state index in [2.05, 4.69) is 0 Å². The van der Waals surface area contributed by atoms with Gasteiger partial charge < -0.3 is 15.6 Å². The first-order valence-electron chi connectivity index (χ1n) is 5.57. The van der Waals surface area contributed by atoms with Crippen LogP contribution in [0.5, 0.6) is 5.75 Å². The van der Waals surface area contributed by atoms with Crippen LogP contribution in [0.2, 0.25) is 0 Å². The second-order valence-corrected chi connectivity index (χ2v) is 4.13. The molecule has 3 N–H and O–H groups in total. The fourth-order valence-corrected chi connectivity index (χ4v) is 2.11. The number of amides is 1. The average Bonchev–Trinajstić information content (AvgIpc) is 2.36. The molecule has 0 fully saturated rings. The number of phenols is 1. The van der Waals surface area contributed by atoms with E-state index in [4.69, 9.17) is 5.73 Å². The number of phenolic OH excluding ortho intramolecular Hbond substituents is 1. The van der Waals surface area contributed by atoms with Gasteiger partial charge in [0.05, 0.1) is 5.92 Å². The highest BCUT2D eigenvalue weighted by Crippen LogP contribution is 2.34. The van der Waals surface area contributed by atoms with Crippen molar-refractivity contribution in [1.82, 2.24) is 0 Å². The quantitative estimate of drug-likeness (QED) is 0.802. The Labute approximate surface area is 104 Å². The highest BCUT2D eigenvalue weighted by Gasteiger charge is 2.19. The van der Waals surface area contributed by atoms with Crippen molar-refractivity contribution in [2.24, 2.45) is 5.73 Å². The van der Waals surface area contributed by atoms with Gasteiger partial charge >= 0.3 is 0 Å². The number of carbonyl (C=O) groups is 2. The van der Waals surface area contributed by atoms with Crippen LogP contribution in [0.25, 0.3) is 10.8 Å². The van der Waals surface area contributed by atoms with Crippen molar-refractivity contribution in [3.63, 3.8) is 0 Å². The van der Waals surface area contributed by atoms with Crippen molar-refractivity contribution in [3.05, 3.63) is 42.0 Å². The molecule has 0 aliphatic heterocycles. The van der Waals surface area contributed by atoms with Crippen LogP contribution in [0.3, 0.4) is 0 Å². The van der Waals surface area contributed by atoms with Gasteiger partial charge in [0.25, 0.3) is 0 Å². The van der Waals surface area contributed by atoms with E-state index in [0.29, 0.717) is 11.8 Å². The normalized spacial score (nSPS) is 12.2. The first-order chi connectivity index (χ1) is 8.63. The molecule has 2 aromatic carbocycles. The lowest BCUT2D eigenvalue weighted by molar-refractivity contribution is -0.120. The van der Waals surface area contributed by atoms with Crippen molar-refractivity contribution in [2.45, 2.75) is 12.3 Å². The van der Waals surface area contributed by atoms with Crippen molar-refractivity contribution in [1.29, 1.82) is 0 Å². The van der Waals surface area contributed by atoms with Crippen LogP contribution < -0.4 is 5.73 Å². The zero-order chi connectivity index (χ0) is 13.1. The van der Waals surface area contributed by atoms with Gasteiger partial charge in [-0.2, -0.15) is 0 Å². The van der Waals surface area contributed by atoms with Crippen LogP contribution in [0, 0.1) is 0 Å². The summed E-state index contributed by atoms with van der Waals surface area (Å²) in [7, 11) is 0. The fraction of sp³-hybridized carbons (Fsp3) is 0.143. The molecule has 4 nitrogen and oxygen atoms in total. The van der Waals surface area contributed by atoms with E-state index in [-0.39, 0.29) is 12.2 Å². The Balaban J connectivity index is 2.63. The van der Waals surface area contributed by atoms with E-state index >= 15 is 0 Å². The average molecular weight is 243 g/mol. The fourth-order valence-electron chi connectivity index (χ4n) is 2.11. The minimum absolute atomic E-state index is 0.00653. The summed E-state index contributed by atoms with van der Waals surface area (Å²) in [5.41, 5.74) is 5.58. The monoisotopic (exact) mass is 243 g/mol. The standard InChI is InChI=1S/C14H13NO3/c15-13(18)7-10(8-16)14-11-4-2-1-3-9(11)5-6-12(14)17/h1-6,8,10,17H,7H2,(H2,15,18). The molecular weight excluding hydrogens is 230 g/mol. The third kappa shape index (κ3) is 2.18. The molecule has 0 bridgehead atoms. The molecule has 92 valence electrons. The predicted molar refractivity (Wildman–Crippen MR) is 68.2 cm³/mol. The number of hydrogen-bond acceptors (Lipinski definition) is 3. The summed E-state index contributed by atoms with van der Waals surface area (Å²) in [5.74, 6) is -1.28. The molecule has 1 atom stereocenters. The second-order valence-electron chi connectivity index (χ2n) is 4.13. The van der Waals surface area contributed by atoms with Gasteiger partial charge in [-0.05, 0) is 16.8 Å². The number of hydrogen-bond donors (Lipinski definition) is 2. The SMILES string of the molecule is NC(=O)CC(C=O)c1c(O)ccc2ccccc12. The van der Waals surface area contributed by atoms with Crippen molar-refractivity contribution in [2.75, 3.05) is 0 Å². The van der Waals surface area contributed by atoms with Gasteiger partial charge in [-0.15, -0.1) is 0 Å². The third-order valence-electron chi connectivity index (χ3n) is 2.90. The summed E-state index contributed by atoms with van der Waals surface area (Å²) in [6.45, 7) is 0. The number of aromatic hydroxyl groups is 1. The van der Waals surface area contributed by atoms with E-state index in [1.807, 2.05) is 24.3 Å². The second kappa shape index (κ2) is 4.87. The molecule has 18 heavy (non-hydrogen) atoms. The van der Waals surface area contributed by atoms with Crippen LogP contribution in [-0.4, -0.2) is 17.3 Å². The number of benzene rings is 2. The van der Waals surface area contributed by atoms with Crippen molar-refractivity contribution < 1.29 is 14.7 Å². The molecule has 0 saturated heterocycles. The highest BCUT2D eigenvalue weighted by atomic mass is 16.3. The van der Waals surface area contributed by atoms with Crippen LogP contribution in [-0.2, 0) is 9.59 Å². The number of carbonyl (C=O) groups excluding carboxylic acids is 2. The summed E-state index contributed by atoms with van der Waals surface area (Å²) in [5, 5.41) is 11.6. The van der Waals surface area contributed by atoms with Crippen LogP contribution in [0.1, 0.15) is 17.9 Å². The summed E-state index contributed by atoms with van der Waals surface area (Å²) >= 11 is 0. The highest BCUT2D eigenvalue weighted by molar-refractivity contribution is 5.92. The van der Waals surface area contributed by atoms with Gasteiger partial charge in [0.1, 0.15) is 12.0 Å². The number of nitrogens with two attached hydrogens (primary N) is 1. The molecule has 2 rings (SSSR count). The van der Waals surface area contributed by atoms with E-state index < -0.39 is 11.8 Å². The van der Waals surface area contributed by atoms with E-state index in [1.54, 1.807) is 6.07 Å².